The highest BCUT2D eigenvalue weighted by Gasteiger charge is 2.08. The molecule has 0 aliphatic rings. The Morgan fingerprint density at radius 3 is 1.71 bits per heavy atom. The summed E-state index contributed by atoms with van der Waals surface area (Å²) in [6, 6.07) is -0.742. The van der Waals surface area contributed by atoms with E-state index in [1.807, 2.05) is 0 Å². The zero-order valence-electron chi connectivity index (χ0n) is 9.07. The van der Waals surface area contributed by atoms with Gasteiger partial charge in [0, 0.05) is 12.2 Å². The van der Waals surface area contributed by atoms with Crippen LogP contribution >= 0.6 is 0 Å². The van der Waals surface area contributed by atoms with Crippen molar-refractivity contribution >= 4 is 17.9 Å². The molecule has 7 N–H and O–H groups in total. The van der Waals surface area contributed by atoms with E-state index < -0.39 is 23.9 Å². The Balaban J connectivity index is 0. The van der Waals surface area contributed by atoms with Gasteiger partial charge < -0.3 is 26.8 Å². The van der Waals surface area contributed by atoms with Crippen LogP contribution in [0.1, 0.15) is 12.8 Å². The van der Waals surface area contributed by atoms with Gasteiger partial charge in [0.2, 0.25) is 0 Å². The van der Waals surface area contributed by atoms with E-state index in [-0.39, 0.29) is 0 Å². The fourth-order valence-corrected chi connectivity index (χ4v) is 0.604. The summed E-state index contributed by atoms with van der Waals surface area (Å²) in [5.74, 6) is -3.47. The summed E-state index contributed by atoms with van der Waals surface area (Å²) in [5.41, 5.74) is 10.3. The Labute approximate surface area is 97.5 Å². The first-order valence-corrected chi connectivity index (χ1v) is 4.63. The first kappa shape index (κ1) is 17.5. The van der Waals surface area contributed by atoms with Crippen molar-refractivity contribution in [1.29, 1.82) is 0 Å². The van der Waals surface area contributed by atoms with Crippen LogP contribution in [0, 0.1) is 0 Å². The third-order valence-electron chi connectivity index (χ3n) is 1.40. The summed E-state index contributed by atoms with van der Waals surface area (Å²) in [7, 11) is 0. The van der Waals surface area contributed by atoms with Gasteiger partial charge in [-0.15, -0.1) is 0 Å². The predicted octanol–water partition coefficient (Wildman–Crippen LogP) is -1.15. The van der Waals surface area contributed by atoms with Crippen LogP contribution in [0.2, 0.25) is 0 Å². The monoisotopic (exact) mass is 248 g/mol. The van der Waals surface area contributed by atoms with Crippen LogP contribution in [-0.2, 0) is 14.4 Å². The highest BCUT2D eigenvalue weighted by Crippen LogP contribution is 1.91. The second-order valence-corrected chi connectivity index (χ2v) is 2.89. The van der Waals surface area contributed by atoms with E-state index in [1.165, 1.54) is 0 Å². The molecule has 0 aromatic carbocycles. The van der Waals surface area contributed by atoms with Gasteiger partial charge in [-0.3, -0.25) is 4.79 Å². The lowest BCUT2D eigenvalue weighted by Crippen LogP contribution is -2.30. The van der Waals surface area contributed by atoms with Crippen LogP contribution in [0.3, 0.4) is 0 Å². The lowest BCUT2D eigenvalue weighted by Gasteiger charge is -2.02. The SMILES string of the molecule is NCCC[C@H](N)C(=O)O.O=C(O)/C=C\C(=O)O. The third kappa shape index (κ3) is 16.7. The number of hydrogen-bond acceptors (Lipinski definition) is 5. The predicted molar refractivity (Wildman–Crippen MR) is 58.3 cm³/mol. The van der Waals surface area contributed by atoms with Gasteiger partial charge in [-0.1, -0.05) is 0 Å². The Morgan fingerprint density at radius 1 is 1.06 bits per heavy atom. The van der Waals surface area contributed by atoms with Crippen LogP contribution in [-0.4, -0.2) is 45.8 Å². The molecule has 0 radical (unpaired) electrons. The summed E-state index contributed by atoms with van der Waals surface area (Å²) in [6.45, 7) is 0.501. The first-order valence-electron chi connectivity index (χ1n) is 4.63. The largest absolute Gasteiger partial charge is 0.480 e. The molecular formula is C9H16N2O6. The summed E-state index contributed by atoms with van der Waals surface area (Å²) < 4.78 is 0. The maximum atomic E-state index is 10.0. The molecule has 0 spiro atoms. The molecule has 0 saturated carbocycles. The van der Waals surface area contributed by atoms with Crippen molar-refractivity contribution in [3.05, 3.63) is 12.2 Å². The average Bonchev–Trinajstić information content (AvgIpc) is 2.23. The van der Waals surface area contributed by atoms with Crippen molar-refractivity contribution in [3.8, 4) is 0 Å². The summed E-state index contributed by atoms with van der Waals surface area (Å²) in [5, 5.41) is 23.9. The molecule has 0 aliphatic carbocycles. The Morgan fingerprint density at radius 2 is 1.47 bits per heavy atom. The maximum Gasteiger partial charge on any atom is 0.328 e. The molecule has 0 amide bonds. The quantitative estimate of drug-likeness (QED) is 0.367. The van der Waals surface area contributed by atoms with E-state index in [1.54, 1.807) is 0 Å². The van der Waals surface area contributed by atoms with Crippen molar-refractivity contribution in [2.75, 3.05) is 6.54 Å². The summed E-state index contributed by atoms with van der Waals surface area (Å²) >= 11 is 0. The summed E-state index contributed by atoms with van der Waals surface area (Å²) in [6.07, 6.45) is 2.25. The fraction of sp³-hybridized carbons (Fsp3) is 0.444. The Kier molecular flexibility index (Phi) is 10.9. The number of hydrogen-bond donors (Lipinski definition) is 5. The van der Waals surface area contributed by atoms with Gasteiger partial charge >= 0.3 is 17.9 Å². The first-order chi connectivity index (χ1) is 7.81. The average molecular weight is 248 g/mol. The molecule has 98 valence electrons. The number of nitrogens with two attached hydrogens (primary N) is 2. The highest BCUT2D eigenvalue weighted by molar-refractivity contribution is 5.89. The lowest BCUT2D eigenvalue weighted by atomic mass is 10.2. The number of carboxylic acids is 3. The van der Waals surface area contributed by atoms with Gasteiger partial charge in [-0.25, -0.2) is 9.59 Å². The van der Waals surface area contributed by atoms with Crippen LogP contribution in [0.25, 0.3) is 0 Å². The zero-order valence-corrected chi connectivity index (χ0v) is 9.07. The fourth-order valence-electron chi connectivity index (χ4n) is 0.604. The molecule has 0 rings (SSSR count). The molecule has 0 aliphatic heterocycles. The molecule has 8 nitrogen and oxygen atoms in total. The third-order valence-corrected chi connectivity index (χ3v) is 1.40. The highest BCUT2D eigenvalue weighted by atomic mass is 16.4. The van der Waals surface area contributed by atoms with Crippen molar-refractivity contribution in [3.63, 3.8) is 0 Å². The topological polar surface area (TPSA) is 164 Å². The minimum absolute atomic E-state index is 0.464. The van der Waals surface area contributed by atoms with E-state index in [9.17, 15) is 14.4 Å². The molecule has 0 saturated heterocycles. The molecule has 1 atom stereocenters. The van der Waals surface area contributed by atoms with Crippen LogP contribution in [0.5, 0.6) is 0 Å². The van der Waals surface area contributed by atoms with Gasteiger partial charge in [-0.2, -0.15) is 0 Å². The number of carbonyl (C=O) groups is 3. The normalized spacial score (nSPS) is 11.4. The minimum atomic E-state index is -1.26. The van der Waals surface area contributed by atoms with Crippen molar-refractivity contribution < 1.29 is 29.7 Å². The van der Waals surface area contributed by atoms with Crippen LogP contribution in [0.15, 0.2) is 12.2 Å². The zero-order chi connectivity index (χ0) is 13.8. The smallest absolute Gasteiger partial charge is 0.328 e. The van der Waals surface area contributed by atoms with Gasteiger partial charge in [0.05, 0.1) is 0 Å². The van der Waals surface area contributed by atoms with Gasteiger partial charge in [0.15, 0.2) is 0 Å². The van der Waals surface area contributed by atoms with E-state index in [2.05, 4.69) is 0 Å². The van der Waals surface area contributed by atoms with E-state index >= 15 is 0 Å². The van der Waals surface area contributed by atoms with E-state index in [4.69, 9.17) is 26.8 Å². The Bertz CT molecular complexity index is 273. The van der Waals surface area contributed by atoms with Gasteiger partial charge in [0.1, 0.15) is 6.04 Å². The molecule has 0 unspecified atom stereocenters. The molecule has 0 fully saturated rings. The van der Waals surface area contributed by atoms with Gasteiger partial charge in [-0.05, 0) is 19.4 Å². The molecule has 0 heterocycles. The summed E-state index contributed by atoms with van der Waals surface area (Å²) in [4.78, 5) is 29.1. The molecule has 0 aromatic heterocycles. The van der Waals surface area contributed by atoms with Crippen molar-refractivity contribution in [2.45, 2.75) is 18.9 Å². The van der Waals surface area contributed by atoms with E-state index in [0.717, 1.165) is 0 Å². The molecule has 0 aromatic rings. The molecule has 0 bridgehead atoms. The minimum Gasteiger partial charge on any atom is -0.480 e. The van der Waals surface area contributed by atoms with Crippen molar-refractivity contribution in [1.82, 2.24) is 0 Å². The molecular weight excluding hydrogens is 232 g/mol. The number of rotatable bonds is 6. The maximum absolute atomic E-state index is 10.0. The van der Waals surface area contributed by atoms with E-state index in [0.29, 0.717) is 31.5 Å². The molecule has 17 heavy (non-hydrogen) atoms. The van der Waals surface area contributed by atoms with Crippen molar-refractivity contribution in [2.24, 2.45) is 11.5 Å². The number of carboxylic acid groups (broad SMARTS) is 3. The lowest BCUT2D eigenvalue weighted by molar-refractivity contribution is -0.138. The second-order valence-electron chi connectivity index (χ2n) is 2.89. The van der Waals surface area contributed by atoms with Gasteiger partial charge in [0.25, 0.3) is 0 Å². The van der Waals surface area contributed by atoms with Crippen LogP contribution in [0.4, 0.5) is 0 Å². The second kappa shape index (κ2) is 10.6. The standard InChI is InChI=1S/C5H12N2O2.C4H4O4/c6-3-1-2-4(7)5(8)9;5-3(6)1-2-4(7)8/h4H,1-3,6-7H2,(H,8,9);1-2H,(H,5,6)(H,7,8)/b;2-1-/t4-;/m0./s1. The Hall–Kier alpha value is -1.93. The number of aliphatic carboxylic acids is 3. The molecule has 8 heteroatoms. The van der Waals surface area contributed by atoms with Crippen LogP contribution < -0.4 is 11.5 Å².